The molecule has 0 fully saturated rings. The first kappa shape index (κ1) is 12.5. The fourth-order valence-electron chi connectivity index (χ4n) is 1.69. The molecule has 1 aromatic carbocycles. The van der Waals surface area contributed by atoms with Gasteiger partial charge in [-0.15, -0.1) is 0 Å². The van der Waals surface area contributed by atoms with Crippen LogP contribution in [0.1, 0.15) is 17.2 Å². The van der Waals surface area contributed by atoms with Crippen LogP contribution >= 0.6 is 23.2 Å². The second kappa shape index (κ2) is 5.56. The molecule has 90 valence electrons. The molecule has 0 radical (unpaired) electrons. The van der Waals surface area contributed by atoms with E-state index in [4.69, 9.17) is 33.5 Å². The van der Waals surface area contributed by atoms with Gasteiger partial charge in [-0.3, -0.25) is 11.3 Å². The molecule has 1 atom stereocenters. The smallest absolute Gasteiger partial charge is 0.0935 e. The van der Waals surface area contributed by atoms with Crippen LogP contribution in [-0.4, -0.2) is 0 Å². The Morgan fingerprint density at radius 2 is 2.12 bits per heavy atom. The zero-order chi connectivity index (χ0) is 12.3. The number of nitrogens with one attached hydrogen (secondary N) is 1. The van der Waals surface area contributed by atoms with Gasteiger partial charge >= 0.3 is 0 Å². The molecule has 2 aromatic rings. The number of hydrogen-bond acceptors (Lipinski definition) is 3. The van der Waals surface area contributed by atoms with Crippen LogP contribution in [0.2, 0.25) is 10.0 Å². The lowest BCUT2D eigenvalue weighted by molar-refractivity contribution is 0.536. The third-order valence-corrected chi connectivity index (χ3v) is 3.12. The SMILES string of the molecule is NNC(Cc1ccoc1)c1ccc(Cl)cc1Cl. The Hall–Kier alpha value is -1.000. The van der Waals surface area contributed by atoms with Gasteiger partial charge in [0, 0.05) is 10.0 Å². The minimum Gasteiger partial charge on any atom is -0.472 e. The lowest BCUT2D eigenvalue weighted by atomic mass is 10.0. The average Bonchev–Trinajstić information content (AvgIpc) is 2.79. The number of furan rings is 1. The number of nitrogens with two attached hydrogens (primary N) is 1. The first-order valence-electron chi connectivity index (χ1n) is 5.13. The van der Waals surface area contributed by atoms with E-state index in [2.05, 4.69) is 5.43 Å². The highest BCUT2D eigenvalue weighted by molar-refractivity contribution is 6.35. The van der Waals surface area contributed by atoms with Gasteiger partial charge in [0.2, 0.25) is 0 Å². The summed E-state index contributed by atoms with van der Waals surface area (Å²) in [6.07, 6.45) is 4.02. The zero-order valence-electron chi connectivity index (χ0n) is 8.99. The zero-order valence-corrected chi connectivity index (χ0v) is 10.5. The molecule has 3 N–H and O–H groups in total. The number of hydrazine groups is 1. The highest BCUT2D eigenvalue weighted by Crippen LogP contribution is 2.28. The van der Waals surface area contributed by atoms with Crippen molar-refractivity contribution < 1.29 is 4.42 Å². The number of hydrogen-bond donors (Lipinski definition) is 2. The summed E-state index contributed by atoms with van der Waals surface area (Å²) >= 11 is 12.0. The van der Waals surface area contributed by atoms with Crippen LogP contribution in [0.15, 0.2) is 41.2 Å². The Morgan fingerprint density at radius 3 is 2.71 bits per heavy atom. The fraction of sp³-hybridized carbons (Fsp3) is 0.167. The van der Waals surface area contributed by atoms with Gasteiger partial charge in [-0.05, 0) is 35.7 Å². The molecule has 0 aliphatic heterocycles. The number of rotatable bonds is 4. The second-order valence-corrected chi connectivity index (χ2v) is 4.56. The van der Waals surface area contributed by atoms with Crippen molar-refractivity contribution in [2.45, 2.75) is 12.5 Å². The normalized spacial score (nSPS) is 12.6. The van der Waals surface area contributed by atoms with Crippen LogP contribution < -0.4 is 11.3 Å². The molecular formula is C12H12Cl2N2O. The van der Waals surface area contributed by atoms with E-state index in [9.17, 15) is 0 Å². The molecule has 0 bridgehead atoms. The van der Waals surface area contributed by atoms with E-state index >= 15 is 0 Å². The maximum atomic E-state index is 6.14. The summed E-state index contributed by atoms with van der Waals surface area (Å²) < 4.78 is 5.02. The molecule has 17 heavy (non-hydrogen) atoms. The van der Waals surface area contributed by atoms with Crippen molar-refractivity contribution in [3.63, 3.8) is 0 Å². The lowest BCUT2D eigenvalue weighted by Crippen LogP contribution is -2.29. The van der Waals surface area contributed by atoms with Gasteiger partial charge in [0.15, 0.2) is 0 Å². The van der Waals surface area contributed by atoms with Gasteiger partial charge in [0.05, 0.1) is 18.6 Å². The Morgan fingerprint density at radius 1 is 1.29 bits per heavy atom. The molecular weight excluding hydrogens is 259 g/mol. The molecule has 1 aromatic heterocycles. The molecule has 0 aliphatic carbocycles. The predicted molar refractivity (Wildman–Crippen MR) is 68.9 cm³/mol. The summed E-state index contributed by atoms with van der Waals surface area (Å²) in [5.74, 6) is 5.56. The van der Waals surface area contributed by atoms with Crippen molar-refractivity contribution in [2.24, 2.45) is 5.84 Å². The average molecular weight is 271 g/mol. The summed E-state index contributed by atoms with van der Waals surface area (Å²) in [6, 6.07) is 7.20. The summed E-state index contributed by atoms with van der Waals surface area (Å²) in [6.45, 7) is 0. The molecule has 0 aliphatic rings. The van der Waals surface area contributed by atoms with Crippen LogP contribution in [0, 0.1) is 0 Å². The summed E-state index contributed by atoms with van der Waals surface area (Å²) in [5, 5.41) is 1.21. The van der Waals surface area contributed by atoms with E-state index in [-0.39, 0.29) is 6.04 Å². The van der Waals surface area contributed by atoms with Gasteiger partial charge in [-0.1, -0.05) is 29.3 Å². The van der Waals surface area contributed by atoms with Crippen LogP contribution in [0.5, 0.6) is 0 Å². The molecule has 1 heterocycles. The first-order valence-corrected chi connectivity index (χ1v) is 5.88. The van der Waals surface area contributed by atoms with Gasteiger partial charge < -0.3 is 4.42 Å². The molecule has 2 rings (SSSR count). The first-order chi connectivity index (χ1) is 8.20. The minimum atomic E-state index is -0.0719. The Balaban J connectivity index is 2.23. The summed E-state index contributed by atoms with van der Waals surface area (Å²) in [7, 11) is 0. The maximum Gasteiger partial charge on any atom is 0.0935 e. The van der Waals surface area contributed by atoms with Gasteiger partial charge in [-0.25, -0.2) is 0 Å². The Kier molecular flexibility index (Phi) is 4.07. The highest BCUT2D eigenvalue weighted by atomic mass is 35.5. The van der Waals surface area contributed by atoms with Crippen molar-refractivity contribution in [3.05, 3.63) is 58.0 Å². The third-order valence-electron chi connectivity index (χ3n) is 2.56. The van der Waals surface area contributed by atoms with Gasteiger partial charge in [0.1, 0.15) is 0 Å². The summed E-state index contributed by atoms with van der Waals surface area (Å²) in [4.78, 5) is 0. The predicted octanol–water partition coefficient (Wildman–Crippen LogP) is 3.33. The van der Waals surface area contributed by atoms with Gasteiger partial charge in [-0.2, -0.15) is 0 Å². The van der Waals surface area contributed by atoms with Crippen molar-refractivity contribution in [3.8, 4) is 0 Å². The molecule has 3 nitrogen and oxygen atoms in total. The molecule has 0 amide bonds. The highest BCUT2D eigenvalue weighted by Gasteiger charge is 2.14. The maximum absolute atomic E-state index is 6.14. The molecule has 0 spiro atoms. The quantitative estimate of drug-likeness (QED) is 0.662. The monoisotopic (exact) mass is 270 g/mol. The van der Waals surface area contributed by atoms with Crippen molar-refractivity contribution in [1.29, 1.82) is 0 Å². The van der Waals surface area contributed by atoms with E-state index in [0.29, 0.717) is 16.5 Å². The van der Waals surface area contributed by atoms with Crippen molar-refractivity contribution >= 4 is 23.2 Å². The second-order valence-electron chi connectivity index (χ2n) is 3.72. The van der Waals surface area contributed by atoms with Crippen LogP contribution in [0.3, 0.4) is 0 Å². The van der Waals surface area contributed by atoms with E-state index in [1.165, 1.54) is 0 Å². The van der Waals surface area contributed by atoms with Crippen LogP contribution in [0.4, 0.5) is 0 Å². The van der Waals surface area contributed by atoms with Crippen LogP contribution in [0.25, 0.3) is 0 Å². The standard InChI is InChI=1S/C12H12Cl2N2O/c13-9-1-2-10(11(14)6-9)12(16-15)5-8-3-4-17-7-8/h1-4,6-7,12,16H,5,15H2. The Bertz CT molecular complexity index is 485. The minimum absolute atomic E-state index is 0.0719. The number of halogens is 2. The van der Waals surface area contributed by atoms with Crippen molar-refractivity contribution in [1.82, 2.24) is 5.43 Å². The molecule has 5 heteroatoms. The lowest BCUT2D eigenvalue weighted by Gasteiger charge is -2.17. The topological polar surface area (TPSA) is 51.2 Å². The molecule has 0 saturated carbocycles. The fourth-order valence-corrected chi connectivity index (χ4v) is 2.23. The third kappa shape index (κ3) is 3.01. The van der Waals surface area contributed by atoms with E-state index < -0.39 is 0 Å². The van der Waals surface area contributed by atoms with E-state index in [1.807, 2.05) is 12.1 Å². The largest absolute Gasteiger partial charge is 0.472 e. The van der Waals surface area contributed by atoms with Crippen LogP contribution in [-0.2, 0) is 6.42 Å². The van der Waals surface area contributed by atoms with E-state index in [1.54, 1.807) is 24.7 Å². The van der Waals surface area contributed by atoms with Gasteiger partial charge in [0.25, 0.3) is 0 Å². The molecule has 0 saturated heterocycles. The Labute approximate surface area is 109 Å². The summed E-state index contributed by atoms with van der Waals surface area (Å²) in [5.41, 5.74) is 4.72. The van der Waals surface area contributed by atoms with E-state index in [0.717, 1.165) is 11.1 Å². The van der Waals surface area contributed by atoms with Crippen molar-refractivity contribution in [2.75, 3.05) is 0 Å². The molecule has 1 unspecified atom stereocenters. The number of benzene rings is 1.